The van der Waals surface area contributed by atoms with Crippen LogP contribution in [-0.2, 0) is 35.9 Å². The number of rotatable bonds is 4. The molecule has 1 saturated heterocycles. The van der Waals surface area contributed by atoms with E-state index in [0.29, 0.717) is 16.3 Å². The van der Waals surface area contributed by atoms with Crippen molar-refractivity contribution in [3.05, 3.63) is 64.8 Å². The Morgan fingerprint density at radius 2 is 1.80 bits per heavy atom. The van der Waals surface area contributed by atoms with Gasteiger partial charge in [0.15, 0.2) is 5.41 Å². The first-order valence-corrected chi connectivity index (χ1v) is 11.6. The van der Waals surface area contributed by atoms with E-state index < -0.39 is 34.7 Å². The third-order valence-corrected chi connectivity index (χ3v) is 6.59. The first-order chi connectivity index (χ1) is 16.5. The first-order valence-electron chi connectivity index (χ1n) is 11.2. The van der Waals surface area contributed by atoms with Crippen molar-refractivity contribution in [2.24, 2.45) is 0 Å². The van der Waals surface area contributed by atoms with E-state index in [2.05, 4.69) is 4.98 Å². The smallest absolute Gasteiger partial charge is 0.326 e. The zero-order valence-corrected chi connectivity index (χ0v) is 20.3. The molecule has 2 aliphatic rings. The number of amides is 3. The molecule has 0 radical (unpaired) electrons. The number of likely N-dealkylation sites (tertiary alicyclic amines) is 1. The summed E-state index contributed by atoms with van der Waals surface area (Å²) in [6, 6.07) is 12.3. The Bertz CT molecular complexity index is 1410. The highest BCUT2D eigenvalue weighted by Crippen LogP contribution is 2.49. The summed E-state index contributed by atoms with van der Waals surface area (Å²) in [5.41, 5.74) is -0.143. The number of esters is 1. The molecule has 3 heterocycles. The molecule has 1 N–H and O–H groups in total. The van der Waals surface area contributed by atoms with Crippen LogP contribution in [0.5, 0.6) is 0 Å². The molecule has 3 aromatic rings. The van der Waals surface area contributed by atoms with Crippen molar-refractivity contribution in [1.29, 1.82) is 0 Å². The lowest BCUT2D eigenvalue weighted by atomic mass is 9.80. The number of fused-ring (bicyclic) bond motifs is 3. The molecule has 1 spiro atoms. The van der Waals surface area contributed by atoms with Crippen LogP contribution in [0.3, 0.4) is 0 Å². The number of H-pyrrole nitrogens is 1. The Morgan fingerprint density at radius 3 is 2.54 bits per heavy atom. The summed E-state index contributed by atoms with van der Waals surface area (Å²) in [6.45, 7) is 4.84. The van der Waals surface area contributed by atoms with Crippen molar-refractivity contribution in [3.63, 3.8) is 0 Å². The van der Waals surface area contributed by atoms with E-state index in [1.807, 2.05) is 24.3 Å². The second kappa shape index (κ2) is 7.95. The summed E-state index contributed by atoms with van der Waals surface area (Å²) >= 11 is 6.24. The summed E-state index contributed by atoms with van der Waals surface area (Å²) in [6.07, 6.45) is 1.43. The minimum absolute atomic E-state index is 0.0265. The summed E-state index contributed by atoms with van der Waals surface area (Å²) in [5.74, 6) is -2.32. The maximum Gasteiger partial charge on any atom is 0.326 e. The number of para-hydroxylation sites is 1. The number of ether oxygens (including phenoxy) is 1. The molecule has 0 bridgehead atoms. The van der Waals surface area contributed by atoms with Gasteiger partial charge in [-0.15, -0.1) is 0 Å². The number of hydrogen-bond donors (Lipinski definition) is 1. The second-order valence-electron chi connectivity index (χ2n) is 9.87. The molecule has 0 aliphatic carbocycles. The summed E-state index contributed by atoms with van der Waals surface area (Å²) < 4.78 is 5.39. The average molecular weight is 494 g/mol. The van der Waals surface area contributed by atoms with Crippen LogP contribution in [0, 0.1) is 0 Å². The van der Waals surface area contributed by atoms with E-state index in [1.54, 1.807) is 39.1 Å². The van der Waals surface area contributed by atoms with Gasteiger partial charge in [0.1, 0.15) is 12.1 Å². The zero-order chi connectivity index (χ0) is 25.1. The quantitative estimate of drug-likeness (QED) is 0.339. The minimum atomic E-state index is -1.76. The Kier molecular flexibility index (Phi) is 5.25. The summed E-state index contributed by atoms with van der Waals surface area (Å²) in [4.78, 5) is 58.8. The molecule has 1 atom stereocenters. The van der Waals surface area contributed by atoms with Gasteiger partial charge in [0, 0.05) is 33.4 Å². The molecule has 2 aromatic carbocycles. The number of nitrogens with one attached hydrogen (secondary N) is 1. The largest absolute Gasteiger partial charge is 0.459 e. The van der Waals surface area contributed by atoms with Gasteiger partial charge in [-0.3, -0.25) is 29.0 Å². The fraction of sp³-hybridized carbons (Fsp3) is 0.308. The highest BCUT2D eigenvalue weighted by Gasteiger charge is 2.64. The van der Waals surface area contributed by atoms with Gasteiger partial charge >= 0.3 is 5.97 Å². The lowest BCUT2D eigenvalue weighted by Gasteiger charge is -2.24. The highest BCUT2D eigenvalue weighted by molar-refractivity contribution is 6.33. The molecule has 2 aliphatic heterocycles. The number of aromatic nitrogens is 1. The van der Waals surface area contributed by atoms with Gasteiger partial charge in [0.25, 0.3) is 0 Å². The van der Waals surface area contributed by atoms with Crippen molar-refractivity contribution in [3.8, 4) is 0 Å². The molecule has 180 valence electrons. The van der Waals surface area contributed by atoms with E-state index in [0.717, 1.165) is 21.4 Å². The van der Waals surface area contributed by atoms with Crippen molar-refractivity contribution in [2.75, 3.05) is 11.4 Å². The third-order valence-electron chi connectivity index (χ3n) is 6.36. The van der Waals surface area contributed by atoms with E-state index >= 15 is 0 Å². The number of halogens is 1. The van der Waals surface area contributed by atoms with Crippen LogP contribution in [0.4, 0.5) is 5.69 Å². The van der Waals surface area contributed by atoms with E-state index in [4.69, 9.17) is 16.3 Å². The number of hydrogen-bond acceptors (Lipinski definition) is 5. The van der Waals surface area contributed by atoms with Crippen molar-refractivity contribution in [1.82, 2.24) is 9.88 Å². The molecule has 5 rings (SSSR count). The van der Waals surface area contributed by atoms with Crippen LogP contribution in [0.15, 0.2) is 48.7 Å². The minimum Gasteiger partial charge on any atom is -0.459 e. The van der Waals surface area contributed by atoms with Crippen LogP contribution in [-0.4, -0.2) is 45.7 Å². The lowest BCUT2D eigenvalue weighted by molar-refractivity contribution is -0.154. The topological polar surface area (TPSA) is 99.8 Å². The SMILES string of the molecule is CC(C)(C)OC(=O)CN1C(=O)C2(CC(=O)N(Cc3c[nH]c4ccccc34)C2=O)c2cc(Cl)ccc21. The second-order valence-corrected chi connectivity index (χ2v) is 10.3. The van der Waals surface area contributed by atoms with Crippen molar-refractivity contribution < 1.29 is 23.9 Å². The Hall–Kier alpha value is -3.65. The Labute approximate surface area is 206 Å². The number of benzene rings is 2. The molecule has 35 heavy (non-hydrogen) atoms. The van der Waals surface area contributed by atoms with Gasteiger partial charge in [-0.1, -0.05) is 29.8 Å². The molecule has 3 amide bonds. The first kappa shape index (κ1) is 23.1. The Balaban J connectivity index is 1.52. The molecular formula is C26H24ClN3O5. The number of carbonyl (C=O) groups is 4. The molecule has 1 fully saturated rings. The van der Waals surface area contributed by atoms with Crippen LogP contribution in [0.2, 0.25) is 5.02 Å². The highest BCUT2D eigenvalue weighted by atomic mass is 35.5. The van der Waals surface area contributed by atoms with Gasteiger partial charge in [-0.2, -0.15) is 0 Å². The van der Waals surface area contributed by atoms with Crippen LogP contribution in [0.1, 0.15) is 38.3 Å². The summed E-state index contributed by atoms with van der Waals surface area (Å²) in [7, 11) is 0. The standard InChI is InChI=1S/C26H24ClN3O5/c1-25(2,3)35-22(32)14-29-20-9-8-16(27)10-18(20)26(23(29)33)11-21(31)30(24(26)34)13-15-12-28-19-7-5-4-6-17(15)19/h4-10,12,28H,11,13-14H2,1-3H3. The van der Waals surface area contributed by atoms with Gasteiger partial charge in [-0.05, 0) is 50.6 Å². The number of carbonyl (C=O) groups excluding carboxylic acids is 4. The molecule has 8 nitrogen and oxygen atoms in total. The van der Waals surface area contributed by atoms with Gasteiger partial charge in [0.05, 0.1) is 13.0 Å². The molecule has 0 saturated carbocycles. The van der Waals surface area contributed by atoms with Gasteiger partial charge < -0.3 is 9.72 Å². The predicted octanol–water partition coefficient (Wildman–Crippen LogP) is 3.71. The number of anilines is 1. The Morgan fingerprint density at radius 1 is 1.09 bits per heavy atom. The van der Waals surface area contributed by atoms with Crippen molar-refractivity contribution in [2.45, 2.75) is 44.8 Å². The van der Waals surface area contributed by atoms with Gasteiger partial charge in [0.2, 0.25) is 17.7 Å². The number of imide groups is 1. The van der Waals surface area contributed by atoms with E-state index in [9.17, 15) is 19.2 Å². The number of aromatic amines is 1. The third kappa shape index (κ3) is 3.69. The van der Waals surface area contributed by atoms with E-state index in [1.165, 1.54) is 11.0 Å². The average Bonchev–Trinajstić information content (AvgIpc) is 3.37. The fourth-order valence-corrected chi connectivity index (χ4v) is 5.08. The van der Waals surface area contributed by atoms with Gasteiger partial charge in [-0.25, -0.2) is 0 Å². The molecule has 1 unspecified atom stereocenters. The maximum atomic E-state index is 13.8. The van der Waals surface area contributed by atoms with Crippen LogP contribution >= 0.6 is 11.6 Å². The zero-order valence-electron chi connectivity index (χ0n) is 19.6. The molecule has 9 heteroatoms. The predicted molar refractivity (Wildman–Crippen MR) is 130 cm³/mol. The summed E-state index contributed by atoms with van der Waals surface area (Å²) in [5, 5.41) is 1.21. The van der Waals surface area contributed by atoms with Crippen LogP contribution in [0.25, 0.3) is 10.9 Å². The normalized spacial score (nSPS) is 19.8. The van der Waals surface area contributed by atoms with Crippen molar-refractivity contribution >= 4 is 51.9 Å². The number of nitrogens with zero attached hydrogens (tertiary/aromatic N) is 2. The lowest BCUT2D eigenvalue weighted by Crippen LogP contribution is -2.48. The van der Waals surface area contributed by atoms with Crippen LogP contribution < -0.4 is 4.90 Å². The maximum absolute atomic E-state index is 13.8. The van der Waals surface area contributed by atoms with E-state index in [-0.39, 0.29) is 19.5 Å². The fourth-order valence-electron chi connectivity index (χ4n) is 4.91. The molecule has 1 aromatic heterocycles. The molecular weight excluding hydrogens is 470 g/mol. The monoisotopic (exact) mass is 493 g/mol.